The molecule has 1 aliphatic heterocycles. The summed E-state index contributed by atoms with van der Waals surface area (Å²) in [7, 11) is -3.96. The van der Waals surface area contributed by atoms with Gasteiger partial charge >= 0.3 is 6.03 Å². The van der Waals surface area contributed by atoms with E-state index in [2.05, 4.69) is 16.0 Å². The van der Waals surface area contributed by atoms with E-state index in [-0.39, 0.29) is 41.9 Å². The van der Waals surface area contributed by atoms with E-state index in [1.165, 1.54) is 4.31 Å². The molecule has 3 N–H and O–H groups in total. The largest absolute Gasteiger partial charge is 0.352 e. The molecule has 1 saturated heterocycles. The number of carbonyl (C=O) groups is 2. The fourth-order valence-corrected chi connectivity index (χ4v) is 5.10. The summed E-state index contributed by atoms with van der Waals surface area (Å²) in [6.07, 6.45) is 0.644. The fraction of sp³-hybridized carbons (Fsp3) is 0.391. The summed E-state index contributed by atoms with van der Waals surface area (Å²) in [5, 5.41) is 8.31. The lowest BCUT2D eigenvalue weighted by Crippen LogP contribution is -2.42. The van der Waals surface area contributed by atoms with Crippen LogP contribution < -0.4 is 16.0 Å². The summed E-state index contributed by atoms with van der Waals surface area (Å²) >= 11 is 0. The number of rotatable bonds is 7. The first kappa shape index (κ1) is 25.6. The third-order valence-electron chi connectivity index (χ3n) is 5.45. The number of hydrogen-bond acceptors (Lipinski definition) is 4. The molecule has 3 amide bonds. The molecule has 1 aliphatic rings. The average molecular weight is 495 g/mol. The number of benzene rings is 2. The quantitative estimate of drug-likeness (QED) is 0.549. The van der Waals surface area contributed by atoms with Gasteiger partial charge in [-0.3, -0.25) is 4.79 Å². The summed E-state index contributed by atoms with van der Waals surface area (Å²) in [6, 6.07) is 9.27. The van der Waals surface area contributed by atoms with Crippen LogP contribution in [0.5, 0.6) is 0 Å². The van der Waals surface area contributed by atoms with Crippen LogP contribution in [0.3, 0.4) is 0 Å². The maximum atomic E-state index is 13.5. The van der Waals surface area contributed by atoms with Gasteiger partial charge in [-0.15, -0.1) is 0 Å². The summed E-state index contributed by atoms with van der Waals surface area (Å²) in [5.41, 5.74) is 1.48. The van der Waals surface area contributed by atoms with Gasteiger partial charge in [0.05, 0.1) is 4.90 Å². The molecule has 3 rings (SSSR count). The van der Waals surface area contributed by atoms with Crippen LogP contribution in [0.15, 0.2) is 47.4 Å². The minimum Gasteiger partial charge on any atom is -0.352 e. The minimum atomic E-state index is -3.96. The van der Waals surface area contributed by atoms with Crippen LogP contribution in [-0.4, -0.2) is 43.8 Å². The van der Waals surface area contributed by atoms with Crippen molar-refractivity contribution in [2.75, 3.05) is 18.4 Å². The number of nitrogens with zero attached hydrogens (tertiary/aromatic N) is 1. The molecule has 0 saturated carbocycles. The molecule has 0 spiro atoms. The van der Waals surface area contributed by atoms with Gasteiger partial charge in [0.2, 0.25) is 15.9 Å². The first-order valence-corrected chi connectivity index (χ1v) is 12.4. The van der Waals surface area contributed by atoms with Crippen molar-refractivity contribution in [3.63, 3.8) is 0 Å². The third kappa shape index (κ3) is 6.51. The molecule has 0 unspecified atom stereocenters. The van der Waals surface area contributed by atoms with Crippen molar-refractivity contribution in [3.8, 4) is 0 Å². The van der Waals surface area contributed by atoms with Crippen LogP contribution in [0.2, 0.25) is 0 Å². The molecule has 184 valence electrons. The number of carbonyl (C=O) groups excluding carboxylic acids is 2. The number of amides is 3. The Kier molecular flexibility index (Phi) is 8.21. The molecule has 1 fully saturated rings. The lowest BCUT2D eigenvalue weighted by atomic mass is 9.97. The van der Waals surface area contributed by atoms with Crippen molar-refractivity contribution >= 4 is 27.6 Å². The average Bonchev–Trinajstić information content (AvgIpc) is 2.79. The molecule has 0 bridgehead atoms. The fourth-order valence-electron chi connectivity index (χ4n) is 3.61. The predicted molar refractivity (Wildman–Crippen MR) is 123 cm³/mol. The SMILES string of the molecule is CC(C)NC(=O)Nc1ccc(CNC(=O)C2CCN(S(=O)(=O)c3ccc(F)c(F)c3)CC2)cc1. The van der Waals surface area contributed by atoms with Gasteiger partial charge in [-0.2, -0.15) is 4.31 Å². The van der Waals surface area contributed by atoms with E-state index in [0.717, 1.165) is 17.7 Å². The van der Waals surface area contributed by atoms with Crippen LogP contribution in [0.1, 0.15) is 32.3 Å². The highest BCUT2D eigenvalue weighted by molar-refractivity contribution is 7.89. The molecule has 34 heavy (non-hydrogen) atoms. The lowest BCUT2D eigenvalue weighted by molar-refractivity contribution is -0.126. The van der Waals surface area contributed by atoms with E-state index >= 15 is 0 Å². The monoisotopic (exact) mass is 494 g/mol. The molecule has 1 heterocycles. The van der Waals surface area contributed by atoms with Gasteiger partial charge in [0.1, 0.15) is 0 Å². The van der Waals surface area contributed by atoms with E-state index in [9.17, 15) is 26.8 Å². The summed E-state index contributed by atoms with van der Waals surface area (Å²) in [6.45, 7) is 4.24. The van der Waals surface area contributed by atoms with Crippen LogP contribution in [0.25, 0.3) is 0 Å². The molecular weight excluding hydrogens is 466 g/mol. The van der Waals surface area contributed by atoms with Crippen LogP contribution in [-0.2, 0) is 21.4 Å². The predicted octanol–water partition coefficient (Wildman–Crippen LogP) is 3.21. The van der Waals surface area contributed by atoms with Gasteiger partial charge < -0.3 is 16.0 Å². The Balaban J connectivity index is 1.48. The molecule has 0 aromatic heterocycles. The van der Waals surface area contributed by atoms with Crippen molar-refractivity contribution in [2.24, 2.45) is 5.92 Å². The number of halogens is 2. The van der Waals surface area contributed by atoms with E-state index < -0.39 is 21.7 Å². The molecule has 0 atom stereocenters. The first-order chi connectivity index (χ1) is 16.1. The van der Waals surface area contributed by atoms with Gasteiger partial charge in [-0.25, -0.2) is 22.0 Å². The molecule has 2 aromatic carbocycles. The zero-order valence-electron chi connectivity index (χ0n) is 19.0. The standard InChI is InChI=1S/C23H28F2N4O4S/c1-15(2)27-23(31)28-18-5-3-16(4-6-18)14-26-22(30)17-9-11-29(12-10-17)34(32,33)19-7-8-20(24)21(25)13-19/h3-8,13,15,17H,9-12,14H2,1-2H3,(H,26,30)(H2,27,28,31). The van der Waals surface area contributed by atoms with Gasteiger partial charge in [-0.1, -0.05) is 12.1 Å². The minimum absolute atomic E-state index is 0.0207. The Morgan fingerprint density at radius 2 is 1.68 bits per heavy atom. The van der Waals surface area contributed by atoms with Crippen LogP contribution in [0, 0.1) is 17.6 Å². The molecular formula is C23H28F2N4O4S. The van der Waals surface area contributed by atoms with Gasteiger partial charge in [0.25, 0.3) is 0 Å². The smallest absolute Gasteiger partial charge is 0.319 e. The zero-order chi connectivity index (χ0) is 24.9. The number of anilines is 1. The second kappa shape index (κ2) is 10.9. The first-order valence-electron chi connectivity index (χ1n) is 11.0. The summed E-state index contributed by atoms with van der Waals surface area (Å²) in [4.78, 5) is 24.0. The second-order valence-corrected chi connectivity index (χ2v) is 10.4. The Morgan fingerprint density at radius 3 is 2.26 bits per heavy atom. The van der Waals surface area contributed by atoms with E-state index in [0.29, 0.717) is 31.1 Å². The highest BCUT2D eigenvalue weighted by atomic mass is 32.2. The zero-order valence-corrected chi connectivity index (χ0v) is 19.8. The number of urea groups is 1. The summed E-state index contributed by atoms with van der Waals surface area (Å²) in [5.74, 6) is -2.87. The Labute approximate surface area is 197 Å². The van der Waals surface area contributed by atoms with Crippen molar-refractivity contribution in [1.82, 2.24) is 14.9 Å². The lowest BCUT2D eigenvalue weighted by Gasteiger charge is -2.30. The van der Waals surface area contributed by atoms with E-state index in [4.69, 9.17) is 0 Å². The highest BCUT2D eigenvalue weighted by Crippen LogP contribution is 2.25. The second-order valence-electron chi connectivity index (χ2n) is 8.42. The van der Waals surface area contributed by atoms with Crippen molar-refractivity contribution in [3.05, 3.63) is 59.7 Å². The van der Waals surface area contributed by atoms with Crippen molar-refractivity contribution < 1.29 is 26.8 Å². The molecule has 11 heteroatoms. The Bertz CT molecular complexity index is 1130. The van der Waals surface area contributed by atoms with Crippen LogP contribution in [0.4, 0.5) is 19.3 Å². The van der Waals surface area contributed by atoms with Gasteiger partial charge in [0, 0.05) is 37.3 Å². The third-order valence-corrected chi connectivity index (χ3v) is 7.35. The summed E-state index contributed by atoms with van der Waals surface area (Å²) < 4.78 is 53.2. The van der Waals surface area contributed by atoms with Crippen LogP contribution >= 0.6 is 0 Å². The Morgan fingerprint density at radius 1 is 1.03 bits per heavy atom. The molecule has 0 aliphatic carbocycles. The number of hydrogen-bond donors (Lipinski definition) is 3. The Hall–Kier alpha value is -3.05. The molecule has 2 aromatic rings. The topological polar surface area (TPSA) is 108 Å². The van der Waals surface area contributed by atoms with Gasteiger partial charge in [-0.05, 0) is 62.6 Å². The van der Waals surface area contributed by atoms with E-state index in [1.54, 1.807) is 24.3 Å². The van der Waals surface area contributed by atoms with E-state index in [1.807, 2.05) is 13.8 Å². The number of piperidine rings is 1. The maximum Gasteiger partial charge on any atom is 0.319 e. The normalized spacial score (nSPS) is 15.2. The van der Waals surface area contributed by atoms with Gasteiger partial charge in [0.15, 0.2) is 11.6 Å². The number of sulfonamides is 1. The number of nitrogens with one attached hydrogen (secondary N) is 3. The van der Waals surface area contributed by atoms with Crippen molar-refractivity contribution in [1.29, 1.82) is 0 Å². The molecule has 8 nitrogen and oxygen atoms in total. The maximum absolute atomic E-state index is 13.5. The van der Waals surface area contributed by atoms with Crippen molar-refractivity contribution in [2.45, 2.75) is 44.2 Å². The highest BCUT2D eigenvalue weighted by Gasteiger charge is 2.32. The molecule has 0 radical (unpaired) electrons.